The summed E-state index contributed by atoms with van der Waals surface area (Å²) < 4.78 is 30.9. The number of hydrogen-bond donors (Lipinski definition) is 1. The Bertz CT molecular complexity index is 1590. The Morgan fingerprint density at radius 3 is 2.42 bits per heavy atom. The number of rotatable bonds is 8. The van der Waals surface area contributed by atoms with Crippen molar-refractivity contribution in [2.24, 2.45) is 0 Å². The number of ether oxygens (including phenoxy) is 2. The normalized spacial score (nSPS) is 11.2. The predicted molar refractivity (Wildman–Crippen MR) is 138 cm³/mol. The summed E-state index contributed by atoms with van der Waals surface area (Å²) >= 11 is 0. The van der Waals surface area contributed by atoms with Crippen molar-refractivity contribution in [2.75, 3.05) is 13.2 Å². The zero-order chi connectivity index (χ0) is 25.1. The Labute approximate surface area is 207 Å². The largest absolute Gasteiger partial charge is 0.507 e. The highest BCUT2D eigenvalue weighted by molar-refractivity contribution is 5.90. The topological polar surface area (TPSA) is 68.9 Å². The number of fused-ring (bicyclic) bond motifs is 2. The SMILES string of the molecule is CCc1cc(-c2ccc(F)cc2)c(O)cc1OCCCOc1ccc2c(=O)c3ccccc3oc2c1. The average Bonchev–Trinajstić information content (AvgIpc) is 2.89. The van der Waals surface area contributed by atoms with Gasteiger partial charge in [0.1, 0.15) is 34.2 Å². The number of halogens is 1. The van der Waals surface area contributed by atoms with E-state index in [0.717, 1.165) is 17.5 Å². The van der Waals surface area contributed by atoms with E-state index in [1.165, 1.54) is 12.1 Å². The summed E-state index contributed by atoms with van der Waals surface area (Å²) in [6.07, 6.45) is 1.33. The molecule has 5 rings (SSSR count). The molecule has 1 aromatic heterocycles. The van der Waals surface area contributed by atoms with Crippen molar-refractivity contribution in [3.05, 3.63) is 100 Å². The molecule has 0 aliphatic carbocycles. The molecule has 0 spiro atoms. The highest BCUT2D eigenvalue weighted by Crippen LogP contribution is 2.36. The lowest BCUT2D eigenvalue weighted by Gasteiger charge is -2.14. The van der Waals surface area contributed by atoms with Crippen LogP contribution in [-0.4, -0.2) is 18.3 Å². The molecule has 182 valence electrons. The molecule has 5 nitrogen and oxygen atoms in total. The maximum absolute atomic E-state index is 13.3. The van der Waals surface area contributed by atoms with Crippen LogP contribution >= 0.6 is 0 Å². The third-order valence-corrected chi connectivity index (χ3v) is 6.08. The fourth-order valence-electron chi connectivity index (χ4n) is 4.19. The van der Waals surface area contributed by atoms with E-state index in [-0.39, 0.29) is 17.0 Å². The van der Waals surface area contributed by atoms with Crippen LogP contribution in [0, 0.1) is 5.82 Å². The van der Waals surface area contributed by atoms with Crippen LogP contribution in [0.3, 0.4) is 0 Å². The monoisotopic (exact) mass is 484 g/mol. The molecule has 0 bridgehead atoms. The second kappa shape index (κ2) is 10.1. The smallest absolute Gasteiger partial charge is 0.200 e. The molecule has 6 heteroatoms. The lowest BCUT2D eigenvalue weighted by atomic mass is 10.00. The van der Waals surface area contributed by atoms with Crippen molar-refractivity contribution in [1.82, 2.24) is 0 Å². The van der Waals surface area contributed by atoms with Gasteiger partial charge in [0.15, 0.2) is 0 Å². The van der Waals surface area contributed by atoms with Crippen molar-refractivity contribution in [3.63, 3.8) is 0 Å². The predicted octanol–water partition coefficient (Wildman–Crippen LogP) is 6.87. The van der Waals surface area contributed by atoms with Crippen molar-refractivity contribution < 1.29 is 23.4 Å². The van der Waals surface area contributed by atoms with Crippen molar-refractivity contribution in [2.45, 2.75) is 19.8 Å². The van der Waals surface area contributed by atoms with E-state index in [1.807, 2.05) is 25.1 Å². The number of para-hydroxylation sites is 1. The minimum atomic E-state index is -0.321. The quantitative estimate of drug-likeness (QED) is 0.192. The first kappa shape index (κ1) is 23.4. The van der Waals surface area contributed by atoms with Crippen LogP contribution in [0.1, 0.15) is 18.9 Å². The van der Waals surface area contributed by atoms with E-state index < -0.39 is 0 Å². The van der Waals surface area contributed by atoms with Gasteiger partial charge in [-0.1, -0.05) is 31.2 Å². The van der Waals surface area contributed by atoms with E-state index in [4.69, 9.17) is 13.9 Å². The van der Waals surface area contributed by atoms with Crippen LogP contribution < -0.4 is 14.9 Å². The lowest BCUT2D eigenvalue weighted by Crippen LogP contribution is -2.07. The Balaban J connectivity index is 1.22. The molecular weight excluding hydrogens is 459 g/mol. The lowest BCUT2D eigenvalue weighted by molar-refractivity contribution is 0.246. The molecule has 0 fully saturated rings. The van der Waals surface area contributed by atoms with Gasteiger partial charge < -0.3 is 19.0 Å². The molecule has 0 aliphatic heterocycles. The molecule has 1 N–H and O–H groups in total. The fraction of sp³-hybridized carbons (Fsp3) is 0.167. The van der Waals surface area contributed by atoms with Crippen LogP contribution in [0.25, 0.3) is 33.1 Å². The number of phenolic OH excluding ortho intramolecular Hbond substituents is 1. The minimum Gasteiger partial charge on any atom is -0.507 e. The second-order valence-electron chi connectivity index (χ2n) is 8.47. The number of hydrogen-bond acceptors (Lipinski definition) is 5. The fourth-order valence-corrected chi connectivity index (χ4v) is 4.19. The third kappa shape index (κ3) is 4.75. The number of aromatic hydroxyl groups is 1. The maximum Gasteiger partial charge on any atom is 0.200 e. The summed E-state index contributed by atoms with van der Waals surface area (Å²) in [5, 5.41) is 11.6. The van der Waals surface area contributed by atoms with Crippen LogP contribution in [0.5, 0.6) is 17.2 Å². The molecular formula is C30H25FO5. The summed E-state index contributed by atoms with van der Waals surface area (Å²) in [4.78, 5) is 12.7. The van der Waals surface area contributed by atoms with Gasteiger partial charge in [0.05, 0.1) is 24.0 Å². The van der Waals surface area contributed by atoms with Crippen LogP contribution in [0.2, 0.25) is 0 Å². The van der Waals surface area contributed by atoms with E-state index >= 15 is 0 Å². The molecule has 0 atom stereocenters. The second-order valence-corrected chi connectivity index (χ2v) is 8.47. The minimum absolute atomic E-state index is 0.0628. The Hall–Kier alpha value is -4.32. The maximum atomic E-state index is 13.3. The van der Waals surface area contributed by atoms with E-state index in [2.05, 4.69) is 0 Å². The molecule has 0 radical (unpaired) electrons. The van der Waals surface area contributed by atoms with E-state index in [1.54, 1.807) is 48.5 Å². The van der Waals surface area contributed by atoms with Crippen LogP contribution in [0.4, 0.5) is 4.39 Å². The first-order valence-electron chi connectivity index (χ1n) is 11.9. The Kier molecular flexibility index (Phi) is 6.58. The molecule has 4 aromatic carbocycles. The number of aryl methyl sites for hydroxylation is 1. The van der Waals surface area contributed by atoms with E-state index in [0.29, 0.717) is 58.6 Å². The highest BCUT2D eigenvalue weighted by Gasteiger charge is 2.12. The number of phenols is 1. The van der Waals surface area contributed by atoms with E-state index in [9.17, 15) is 14.3 Å². The molecule has 1 heterocycles. The summed E-state index contributed by atoms with van der Waals surface area (Å²) in [5.41, 5.74) is 3.29. The summed E-state index contributed by atoms with van der Waals surface area (Å²) in [6.45, 7) is 2.82. The number of benzene rings is 4. The van der Waals surface area contributed by atoms with Crippen LogP contribution in [0.15, 0.2) is 88.1 Å². The van der Waals surface area contributed by atoms with Crippen molar-refractivity contribution >= 4 is 21.9 Å². The third-order valence-electron chi connectivity index (χ3n) is 6.08. The van der Waals surface area contributed by atoms with Gasteiger partial charge in [-0.15, -0.1) is 0 Å². The molecule has 0 saturated heterocycles. The van der Waals surface area contributed by atoms with Gasteiger partial charge in [0, 0.05) is 24.1 Å². The van der Waals surface area contributed by atoms with Gasteiger partial charge in [0.25, 0.3) is 0 Å². The average molecular weight is 485 g/mol. The Morgan fingerprint density at radius 1 is 0.861 bits per heavy atom. The molecule has 0 saturated carbocycles. The zero-order valence-electron chi connectivity index (χ0n) is 19.8. The summed E-state index contributed by atoms with van der Waals surface area (Å²) in [7, 11) is 0. The summed E-state index contributed by atoms with van der Waals surface area (Å²) in [6, 6.07) is 21.9. The van der Waals surface area contributed by atoms with Gasteiger partial charge in [0.2, 0.25) is 5.43 Å². The zero-order valence-corrected chi connectivity index (χ0v) is 19.8. The molecule has 0 unspecified atom stereocenters. The van der Waals surface area contributed by atoms with Crippen LogP contribution in [-0.2, 0) is 6.42 Å². The molecule has 0 amide bonds. The van der Waals surface area contributed by atoms with Gasteiger partial charge in [-0.2, -0.15) is 0 Å². The van der Waals surface area contributed by atoms with Crippen molar-refractivity contribution in [3.8, 4) is 28.4 Å². The first-order chi connectivity index (χ1) is 17.5. The Morgan fingerprint density at radius 2 is 1.61 bits per heavy atom. The first-order valence-corrected chi connectivity index (χ1v) is 11.9. The van der Waals surface area contributed by atoms with Gasteiger partial charge >= 0.3 is 0 Å². The van der Waals surface area contributed by atoms with Gasteiger partial charge in [-0.25, -0.2) is 4.39 Å². The highest BCUT2D eigenvalue weighted by atomic mass is 19.1. The van der Waals surface area contributed by atoms with Gasteiger partial charge in [-0.3, -0.25) is 4.79 Å². The molecule has 0 aliphatic rings. The standard InChI is InChI=1S/C30H25FO5/c1-2-19-16-25(20-8-10-21(31)11-9-20)26(32)18-28(19)35-15-5-14-34-22-12-13-24-29(17-22)36-27-7-4-3-6-23(27)30(24)33/h3-4,6-13,16-18,32H,2,5,14-15H2,1H3. The molecule has 36 heavy (non-hydrogen) atoms. The van der Waals surface area contributed by atoms with Crippen molar-refractivity contribution in [1.29, 1.82) is 0 Å². The van der Waals surface area contributed by atoms with Gasteiger partial charge in [-0.05, 0) is 60.0 Å². The molecule has 5 aromatic rings. The summed E-state index contributed by atoms with van der Waals surface area (Å²) in [5.74, 6) is 0.977.